The average Bonchev–Trinajstić information content (AvgIpc) is 2.48. The number of hydrogen-bond acceptors (Lipinski definition) is 4. The first-order valence-electron chi connectivity index (χ1n) is 6.19. The van der Waals surface area contributed by atoms with Crippen LogP contribution in [0.2, 0.25) is 0 Å². The van der Waals surface area contributed by atoms with Crippen molar-refractivity contribution in [1.29, 1.82) is 0 Å². The van der Waals surface area contributed by atoms with Crippen LogP contribution in [0.25, 0.3) is 0 Å². The summed E-state index contributed by atoms with van der Waals surface area (Å²) in [6.07, 6.45) is 1.71. The van der Waals surface area contributed by atoms with E-state index in [2.05, 4.69) is 4.98 Å². The molecule has 0 atom stereocenters. The molecule has 0 bridgehead atoms. The molecular formula is C13H20BNO3. The maximum absolute atomic E-state index is 9.12. The molecule has 0 aliphatic carbocycles. The van der Waals surface area contributed by atoms with Gasteiger partial charge in [-0.2, -0.15) is 0 Å². The standard InChI is InChI=1S/C13H20BNO3/c1-9-6-10(7-15-11(9)8-16)14-17-12(2,3)13(4,5)18-14/h6-7,16H,8H2,1-5H3. The molecule has 1 aliphatic heterocycles. The Balaban J connectivity index is 2.27. The molecule has 0 aromatic carbocycles. The quantitative estimate of drug-likeness (QED) is 0.799. The molecular weight excluding hydrogens is 229 g/mol. The largest absolute Gasteiger partial charge is 0.496 e. The van der Waals surface area contributed by atoms with Crippen molar-refractivity contribution in [3.8, 4) is 0 Å². The Labute approximate surface area is 108 Å². The summed E-state index contributed by atoms with van der Waals surface area (Å²) in [4.78, 5) is 4.23. The van der Waals surface area contributed by atoms with Crippen molar-refractivity contribution in [2.75, 3.05) is 0 Å². The monoisotopic (exact) mass is 249 g/mol. The number of aromatic nitrogens is 1. The van der Waals surface area contributed by atoms with Crippen LogP contribution in [0.1, 0.15) is 39.0 Å². The Hall–Kier alpha value is -0.905. The molecule has 18 heavy (non-hydrogen) atoms. The van der Waals surface area contributed by atoms with E-state index in [1.165, 1.54) is 0 Å². The highest BCUT2D eigenvalue weighted by Crippen LogP contribution is 2.36. The molecule has 5 heteroatoms. The van der Waals surface area contributed by atoms with Crippen molar-refractivity contribution in [2.24, 2.45) is 0 Å². The molecule has 2 rings (SSSR count). The minimum atomic E-state index is -0.394. The molecule has 1 N–H and O–H groups in total. The third-order valence-electron chi connectivity index (χ3n) is 3.88. The maximum atomic E-state index is 9.12. The van der Waals surface area contributed by atoms with Crippen molar-refractivity contribution >= 4 is 12.6 Å². The fourth-order valence-corrected chi connectivity index (χ4v) is 1.90. The normalized spacial score (nSPS) is 21.3. The van der Waals surface area contributed by atoms with Crippen LogP contribution in [-0.4, -0.2) is 28.4 Å². The predicted octanol–water partition coefficient (Wildman–Crippen LogP) is 1.18. The molecule has 1 aliphatic rings. The van der Waals surface area contributed by atoms with Gasteiger partial charge < -0.3 is 14.4 Å². The van der Waals surface area contributed by atoms with Crippen LogP contribution in [0.3, 0.4) is 0 Å². The summed E-state index contributed by atoms with van der Waals surface area (Å²) in [6.45, 7) is 9.97. The third-order valence-corrected chi connectivity index (χ3v) is 3.88. The van der Waals surface area contributed by atoms with Gasteiger partial charge in [-0.05, 0) is 40.2 Å². The summed E-state index contributed by atoms with van der Waals surface area (Å²) < 4.78 is 11.9. The van der Waals surface area contributed by atoms with Crippen LogP contribution >= 0.6 is 0 Å². The first-order chi connectivity index (χ1) is 8.27. The van der Waals surface area contributed by atoms with Gasteiger partial charge in [0.15, 0.2) is 0 Å². The molecule has 2 heterocycles. The Kier molecular flexibility index (Phi) is 3.26. The predicted molar refractivity (Wildman–Crippen MR) is 70.6 cm³/mol. The molecule has 4 nitrogen and oxygen atoms in total. The number of rotatable bonds is 2. The molecule has 1 saturated heterocycles. The molecule has 1 aromatic heterocycles. The van der Waals surface area contributed by atoms with Crippen molar-refractivity contribution < 1.29 is 14.4 Å². The van der Waals surface area contributed by atoms with Gasteiger partial charge in [-0.1, -0.05) is 6.07 Å². The molecule has 1 fully saturated rings. The van der Waals surface area contributed by atoms with Crippen LogP contribution in [0.5, 0.6) is 0 Å². The van der Waals surface area contributed by atoms with Crippen LogP contribution in [0.4, 0.5) is 0 Å². The minimum absolute atomic E-state index is 0.0462. The lowest BCUT2D eigenvalue weighted by Gasteiger charge is -2.32. The summed E-state index contributed by atoms with van der Waals surface area (Å²) in [5.74, 6) is 0. The third kappa shape index (κ3) is 2.18. The van der Waals surface area contributed by atoms with Crippen LogP contribution in [-0.2, 0) is 15.9 Å². The van der Waals surface area contributed by atoms with Crippen molar-refractivity contribution in [3.63, 3.8) is 0 Å². The average molecular weight is 249 g/mol. The second-order valence-electron chi connectivity index (χ2n) is 5.78. The summed E-state index contributed by atoms with van der Waals surface area (Å²) in [7, 11) is -0.394. The van der Waals surface area contributed by atoms with Crippen LogP contribution < -0.4 is 5.46 Å². The highest BCUT2D eigenvalue weighted by Gasteiger charge is 2.51. The number of pyridine rings is 1. The molecule has 0 saturated carbocycles. The lowest BCUT2D eigenvalue weighted by Crippen LogP contribution is -2.41. The summed E-state index contributed by atoms with van der Waals surface area (Å²) in [6, 6.07) is 1.96. The fourth-order valence-electron chi connectivity index (χ4n) is 1.90. The zero-order chi connectivity index (χ0) is 13.6. The summed E-state index contributed by atoms with van der Waals surface area (Å²) in [5.41, 5.74) is 1.84. The zero-order valence-electron chi connectivity index (χ0n) is 11.7. The molecule has 1 aromatic rings. The van der Waals surface area contributed by atoms with Crippen molar-refractivity contribution in [3.05, 3.63) is 23.5 Å². The number of hydrogen-bond donors (Lipinski definition) is 1. The van der Waals surface area contributed by atoms with Gasteiger partial charge in [-0.3, -0.25) is 4.98 Å². The van der Waals surface area contributed by atoms with Gasteiger partial charge >= 0.3 is 7.12 Å². The Morgan fingerprint density at radius 1 is 1.22 bits per heavy atom. The van der Waals surface area contributed by atoms with E-state index in [0.29, 0.717) is 5.69 Å². The molecule has 0 unspecified atom stereocenters. The summed E-state index contributed by atoms with van der Waals surface area (Å²) >= 11 is 0. The minimum Gasteiger partial charge on any atom is -0.399 e. The van der Waals surface area contributed by atoms with Gasteiger partial charge in [0.05, 0.1) is 23.5 Å². The van der Waals surface area contributed by atoms with E-state index < -0.39 is 7.12 Å². The fraction of sp³-hybridized carbons (Fsp3) is 0.615. The smallest absolute Gasteiger partial charge is 0.399 e. The van der Waals surface area contributed by atoms with E-state index >= 15 is 0 Å². The number of aliphatic hydroxyl groups is 1. The lowest BCUT2D eigenvalue weighted by atomic mass is 9.79. The number of aliphatic hydroxyl groups excluding tert-OH is 1. The highest BCUT2D eigenvalue weighted by molar-refractivity contribution is 6.62. The Morgan fingerprint density at radius 2 is 1.78 bits per heavy atom. The SMILES string of the molecule is Cc1cc(B2OC(C)(C)C(C)(C)O2)cnc1CO. The van der Waals surface area contributed by atoms with Gasteiger partial charge in [-0.15, -0.1) is 0 Å². The first kappa shape index (κ1) is 13.5. The van der Waals surface area contributed by atoms with Gasteiger partial charge in [0.2, 0.25) is 0 Å². The number of aryl methyl sites for hydroxylation is 1. The molecule has 0 amide bonds. The number of nitrogens with zero attached hydrogens (tertiary/aromatic N) is 1. The first-order valence-corrected chi connectivity index (χ1v) is 6.19. The van der Waals surface area contributed by atoms with Crippen molar-refractivity contribution in [1.82, 2.24) is 4.98 Å². The lowest BCUT2D eigenvalue weighted by molar-refractivity contribution is 0.00578. The molecule has 98 valence electrons. The second-order valence-corrected chi connectivity index (χ2v) is 5.78. The Bertz CT molecular complexity index is 444. The van der Waals surface area contributed by atoms with E-state index in [-0.39, 0.29) is 17.8 Å². The topological polar surface area (TPSA) is 51.6 Å². The van der Waals surface area contributed by atoms with Crippen LogP contribution in [0.15, 0.2) is 12.3 Å². The van der Waals surface area contributed by atoms with E-state index in [0.717, 1.165) is 11.0 Å². The second kappa shape index (κ2) is 4.33. The van der Waals surface area contributed by atoms with Gasteiger partial charge in [-0.25, -0.2) is 0 Å². The molecule has 0 radical (unpaired) electrons. The van der Waals surface area contributed by atoms with Crippen LogP contribution in [0, 0.1) is 6.92 Å². The molecule has 0 spiro atoms. The zero-order valence-corrected chi connectivity index (χ0v) is 11.7. The van der Waals surface area contributed by atoms with Gasteiger partial charge in [0, 0.05) is 11.7 Å². The highest BCUT2D eigenvalue weighted by atomic mass is 16.7. The van der Waals surface area contributed by atoms with Gasteiger partial charge in [0.1, 0.15) is 0 Å². The van der Waals surface area contributed by atoms with E-state index in [4.69, 9.17) is 14.4 Å². The van der Waals surface area contributed by atoms with Crippen molar-refractivity contribution in [2.45, 2.75) is 52.4 Å². The van der Waals surface area contributed by atoms with E-state index in [9.17, 15) is 0 Å². The van der Waals surface area contributed by atoms with Gasteiger partial charge in [0.25, 0.3) is 0 Å². The summed E-state index contributed by atoms with van der Waals surface area (Å²) in [5, 5.41) is 9.12. The van der Waals surface area contributed by atoms with E-state index in [1.807, 2.05) is 40.7 Å². The Morgan fingerprint density at radius 3 is 2.22 bits per heavy atom. The maximum Gasteiger partial charge on any atom is 0.496 e. The van der Waals surface area contributed by atoms with E-state index in [1.54, 1.807) is 6.20 Å².